The monoisotopic (exact) mass is 383 g/mol. The molecule has 6 heteroatoms. The number of aryl methyl sites for hydroxylation is 1. The Morgan fingerprint density at radius 1 is 1.15 bits per heavy atom. The third-order valence-electron chi connectivity index (χ3n) is 6.42. The highest BCUT2D eigenvalue weighted by Crippen LogP contribution is 2.39. The maximum atomic E-state index is 13.4. The van der Waals surface area contributed by atoms with Crippen molar-refractivity contribution in [1.29, 1.82) is 0 Å². The van der Waals surface area contributed by atoms with Gasteiger partial charge in [0.15, 0.2) is 0 Å². The summed E-state index contributed by atoms with van der Waals surface area (Å²) in [5.41, 5.74) is 2.21. The molecule has 5 rings (SSSR count). The molecule has 4 heterocycles. The highest BCUT2D eigenvalue weighted by Gasteiger charge is 2.43. The van der Waals surface area contributed by atoms with Crippen molar-refractivity contribution in [3.05, 3.63) is 35.1 Å². The number of aromatic nitrogens is 2. The van der Waals surface area contributed by atoms with E-state index < -0.39 is 0 Å². The lowest BCUT2D eigenvalue weighted by Crippen LogP contribution is -2.57. The smallest absolute Gasteiger partial charge is 0.226 e. The van der Waals surface area contributed by atoms with Gasteiger partial charge in [0.25, 0.3) is 0 Å². The summed E-state index contributed by atoms with van der Waals surface area (Å²) in [6.45, 7) is 0. The molecule has 2 unspecified atom stereocenters. The molecule has 1 aliphatic carbocycles. The summed E-state index contributed by atoms with van der Waals surface area (Å²) in [5, 5.41) is 11.2. The molecule has 4 atom stereocenters. The fraction of sp³-hybridized carbons (Fsp3) is 0.571. The van der Waals surface area contributed by atoms with E-state index in [1.54, 1.807) is 23.7 Å². The first-order valence-corrected chi connectivity index (χ1v) is 10.9. The number of rotatable bonds is 2. The van der Waals surface area contributed by atoms with Crippen LogP contribution in [0.25, 0.3) is 10.6 Å². The highest BCUT2D eigenvalue weighted by atomic mass is 32.1. The molecule has 142 valence electrons. The molecule has 2 bridgehead atoms. The summed E-state index contributed by atoms with van der Waals surface area (Å²) >= 11 is 1.76. The number of carbonyl (C=O) groups is 1. The van der Waals surface area contributed by atoms with Crippen LogP contribution in [0.2, 0.25) is 0 Å². The maximum Gasteiger partial charge on any atom is 0.226 e. The van der Waals surface area contributed by atoms with Crippen LogP contribution < -0.4 is 0 Å². The third-order valence-corrected chi connectivity index (χ3v) is 7.63. The second kappa shape index (κ2) is 6.99. The first kappa shape index (κ1) is 17.3. The summed E-state index contributed by atoms with van der Waals surface area (Å²) in [4.78, 5) is 25.8. The second-order valence-electron chi connectivity index (χ2n) is 8.17. The average Bonchev–Trinajstić information content (AvgIpc) is 3.11. The van der Waals surface area contributed by atoms with Gasteiger partial charge in [-0.25, -0.2) is 4.98 Å². The van der Waals surface area contributed by atoms with Crippen LogP contribution in [0, 0.1) is 5.92 Å². The van der Waals surface area contributed by atoms with E-state index in [0.29, 0.717) is 5.91 Å². The number of amides is 1. The van der Waals surface area contributed by atoms with Gasteiger partial charge in [-0.2, -0.15) is 0 Å². The molecule has 3 aliphatic rings. The number of carbonyl (C=O) groups excluding carboxylic acids is 1. The summed E-state index contributed by atoms with van der Waals surface area (Å²) in [6, 6.07) is 4.47. The molecule has 0 saturated carbocycles. The molecule has 5 nitrogen and oxygen atoms in total. The second-order valence-corrected chi connectivity index (χ2v) is 9.26. The predicted octanol–water partition coefficient (Wildman–Crippen LogP) is 3.21. The van der Waals surface area contributed by atoms with Crippen molar-refractivity contribution in [1.82, 2.24) is 14.9 Å². The summed E-state index contributed by atoms with van der Waals surface area (Å²) in [7, 11) is 0. The zero-order valence-corrected chi connectivity index (χ0v) is 16.2. The van der Waals surface area contributed by atoms with Crippen LogP contribution in [0.4, 0.5) is 0 Å². The minimum atomic E-state index is -0.233. The average molecular weight is 384 g/mol. The molecule has 0 radical (unpaired) electrons. The summed E-state index contributed by atoms with van der Waals surface area (Å²) < 4.78 is 0. The van der Waals surface area contributed by atoms with E-state index in [1.165, 1.54) is 11.3 Å². The number of nitrogens with zero attached hydrogens (tertiary/aromatic N) is 3. The third kappa shape index (κ3) is 3.19. The first-order chi connectivity index (χ1) is 13.2. The minimum Gasteiger partial charge on any atom is -0.393 e. The number of aliphatic hydroxyl groups is 1. The van der Waals surface area contributed by atoms with Crippen molar-refractivity contribution >= 4 is 17.2 Å². The Morgan fingerprint density at radius 3 is 2.63 bits per heavy atom. The van der Waals surface area contributed by atoms with Gasteiger partial charge in [0.1, 0.15) is 5.01 Å². The topological polar surface area (TPSA) is 66.3 Å². The van der Waals surface area contributed by atoms with E-state index in [9.17, 15) is 9.90 Å². The molecule has 2 aromatic rings. The minimum absolute atomic E-state index is 0.0447. The number of piperidine rings is 2. The Kier molecular flexibility index (Phi) is 4.48. The summed E-state index contributed by atoms with van der Waals surface area (Å²) in [6.07, 6.45) is 10.8. The van der Waals surface area contributed by atoms with Gasteiger partial charge in [-0.05, 0) is 57.1 Å². The molecule has 2 fully saturated rings. The molecule has 2 aliphatic heterocycles. The van der Waals surface area contributed by atoms with Gasteiger partial charge in [0.2, 0.25) is 5.91 Å². The zero-order chi connectivity index (χ0) is 18.4. The molecule has 2 aromatic heterocycles. The Morgan fingerprint density at radius 2 is 1.89 bits per heavy atom. The van der Waals surface area contributed by atoms with E-state index >= 15 is 0 Å². The molecule has 1 N–H and O–H groups in total. The predicted molar refractivity (Wildman–Crippen MR) is 104 cm³/mol. The normalized spacial score (nSPS) is 30.0. The lowest BCUT2D eigenvalue weighted by molar-refractivity contribution is -0.149. The lowest BCUT2D eigenvalue weighted by Gasteiger charge is -2.49. The van der Waals surface area contributed by atoms with Crippen molar-refractivity contribution < 1.29 is 9.90 Å². The van der Waals surface area contributed by atoms with E-state index in [-0.39, 0.29) is 24.1 Å². The van der Waals surface area contributed by atoms with Crippen LogP contribution >= 0.6 is 11.3 Å². The zero-order valence-electron chi connectivity index (χ0n) is 15.4. The lowest BCUT2D eigenvalue weighted by atomic mass is 9.80. The number of hydrogen-bond donors (Lipinski definition) is 1. The number of fused-ring (bicyclic) bond motifs is 3. The SMILES string of the molecule is O=C(C1CCc2sc(-c3ccncc3)nc2C1)N1[C@@H]2CCC[C@H]1CC(O)C2. The quantitative estimate of drug-likeness (QED) is 0.865. The summed E-state index contributed by atoms with van der Waals surface area (Å²) in [5.74, 6) is 0.351. The molecular weight excluding hydrogens is 358 g/mol. The largest absolute Gasteiger partial charge is 0.393 e. The van der Waals surface area contributed by atoms with Crippen molar-refractivity contribution in [2.75, 3.05) is 0 Å². The fourth-order valence-corrected chi connectivity index (χ4v) is 6.24. The standard InChI is InChI=1S/C21H25N3O2S/c25-17-11-15-2-1-3-16(12-17)24(15)21(26)14-4-5-19-18(10-14)23-20(27-19)13-6-8-22-9-7-13/h6-9,14-17,25H,1-5,10-12H2/t14?,15-,16+,17?. The number of thiazole rings is 1. The Bertz CT molecular complexity index is 823. The molecule has 0 spiro atoms. The van der Waals surface area contributed by atoms with Crippen LogP contribution in [0.3, 0.4) is 0 Å². The Labute approximate surface area is 163 Å². The van der Waals surface area contributed by atoms with E-state index in [0.717, 1.165) is 61.2 Å². The fourth-order valence-electron chi connectivity index (χ4n) is 5.13. The van der Waals surface area contributed by atoms with Gasteiger partial charge in [-0.1, -0.05) is 0 Å². The van der Waals surface area contributed by atoms with Crippen molar-refractivity contribution in [3.8, 4) is 10.6 Å². The number of pyridine rings is 1. The maximum absolute atomic E-state index is 13.4. The molecular formula is C21H25N3O2S. The Balaban J connectivity index is 1.35. The van der Waals surface area contributed by atoms with Crippen molar-refractivity contribution in [2.45, 2.75) is 69.6 Å². The van der Waals surface area contributed by atoms with Crippen LogP contribution in [0.1, 0.15) is 49.1 Å². The first-order valence-electron chi connectivity index (χ1n) is 10.1. The van der Waals surface area contributed by atoms with Gasteiger partial charge in [0.05, 0.1) is 11.8 Å². The van der Waals surface area contributed by atoms with Crippen LogP contribution in [-0.4, -0.2) is 44.1 Å². The molecule has 1 amide bonds. The van der Waals surface area contributed by atoms with Gasteiger partial charge < -0.3 is 10.0 Å². The van der Waals surface area contributed by atoms with E-state index in [2.05, 4.69) is 9.88 Å². The molecule has 2 saturated heterocycles. The van der Waals surface area contributed by atoms with Gasteiger partial charge in [0, 0.05) is 47.3 Å². The van der Waals surface area contributed by atoms with Crippen LogP contribution in [-0.2, 0) is 17.6 Å². The van der Waals surface area contributed by atoms with Gasteiger partial charge in [-0.15, -0.1) is 11.3 Å². The van der Waals surface area contributed by atoms with E-state index in [1.807, 2.05) is 12.1 Å². The van der Waals surface area contributed by atoms with Crippen LogP contribution in [0.5, 0.6) is 0 Å². The molecule has 0 aromatic carbocycles. The van der Waals surface area contributed by atoms with E-state index in [4.69, 9.17) is 4.98 Å². The van der Waals surface area contributed by atoms with Gasteiger partial charge in [-0.3, -0.25) is 9.78 Å². The van der Waals surface area contributed by atoms with Gasteiger partial charge >= 0.3 is 0 Å². The number of aliphatic hydroxyl groups excluding tert-OH is 1. The van der Waals surface area contributed by atoms with Crippen molar-refractivity contribution in [3.63, 3.8) is 0 Å². The number of hydrogen-bond acceptors (Lipinski definition) is 5. The van der Waals surface area contributed by atoms with Crippen LogP contribution in [0.15, 0.2) is 24.5 Å². The Hall–Kier alpha value is -1.79. The molecule has 27 heavy (non-hydrogen) atoms. The highest BCUT2D eigenvalue weighted by molar-refractivity contribution is 7.15. The van der Waals surface area contributed by atoms with Crippen molar-refractivity contribution in [2.24, 2.45) is 5.92 Å².